The average molecular weight is 190 g/mol. The van der Waals surface area contributed by atoms with Gasteiger partial charge in [-0.25, -0.2) is 4.79 Å². The predicted molar refractivity (Wildman–Crippen MR) is 56.4 cm³/mol. The molecular weight excluding hydrogens is 176 g/mol. The van der Waals surface area contributed by atoms with Crippen molar-refractivity contribution in [2.45, 2.75) is 20.8 Å². The molecule has 0 saturated heterocycles. The number of esters is 1. The highest BCUT2D eigenvalue weighted by atomic mass is 16.5. The third-order valence-electron chi connectivity index (χ3n) is 2.07. The van der Waals surface area contributed by atoms with Gasteiger partial charge in [-0.15, -0.1) is 0 Å². The van der Waals surface area contributed by atoms with Crippen molar-refractivity contribution in [2.24, 2.45) is 0 Å². The van der Waals surface area contributed by atoms with Gasteiger partial charge in [0.1, 0.15) is 5.75 Å². The van der Waals surface area contributed by atoms with Crippen molar-refractivity contribution in [1.82, 2.24) is 0 Å². The Morgan fingerprint density at radius 1 is 1.36 bits per heavy atom. The summed E-state index contributed by atoms with van der Waals surface area (Å²) in [6.07, 6.45) is 3.06. The van der Waals surface area contributed by atoms with Crippen LogP contribution in [-0.2, 0) is 4.79 Å². The molecule has 0 aliphatic heterocycles. The van der Waals surface area contributed by atoms with Gasteiger partial charge in [0.05, 0.1) is 0 Å². The molecule has 0 amide bonds. The second-order valence-corrected chi connectivity index (χ2v) is 3.12. The number of carbonyl (C=O) groups is 1. The lowest BCUT2D eigenvalue weighted by Crippen LogP contribution is -2.05. The van der Waals surface area contributed by atoms with Gasteiger partial charge in [-0.3, -0.25) is 0 Å². The van der Waals surface area contributed by atoms with E-state index in [1.54, 1.807) is 19.1 Å². The molecule has 0 fully saturated rings. The summed E-state index contributed by atoms with van der Waals surface area (Å²) in [7, 11) is 0. The van der Waals surface area contributed by atoms with E-state index in [-0.39, 0.29) is 5.97 Å². The SMILES string of the molecule is C/C=C/C(=O)Oc1cccc(C)c1C. The molecule has 0 aromatic heterocycles. The van der Waals surface area contributed by atoms with Gasteiger partial charge in [0.25, 0.3) is 0 Å². The van der Waals surface area contributed by atoms with Crippen molar-refractivity contribution in [3.05, 3.63) is 41.5 Å². The fraction of sp³-hybridized carbons (Fsp3) is 0.250. The normalized spacial score (nSPS) is 10.5. The maximum absolute atomic E-state index is 11.2. The van der Waals surface area contributed by atoms with Crippen LogP contribution < -0.4 is 4.74 Å². The number of rotatable bonds is 2. The van der Waals surface area contributed by atoms with E-state index < -0.39 is 0 Å². The first kappa shape index (κ1) is 10.5. The third-order valence-corrected chi connectivity index (χ3v) is 2.07. The monoisotopic (exact) mass is 190 g/mol. The molecule has 1 aromatic rings. The zero-order valence-electron chi connectivity index (χ0n) is 8.70. The quantitative estimate of drug-likeness (QED) is 0.407. The van der Waals surface area contributed by atoms with Crippen LogP contribution in [0.25, 0.3) is 0 Å². The van der Waals surface area contributed by atoms with E-state index >= 15 is 0 Å². The van der Waals surface area contributed by atoms with Crippen LogP contribution in [0.3, 0.4) is 0 Å². The van der Waals surface area contributed by atoms with E-state index in [1.165, 1.54) is 6.08 Å². The molecule has 1 aromatic carbocycles. The highest BCUT2D eigenvalue weighted by Gasteiger charge is 2.04. The Labute approximate surface area is 84.2 Å². The average Bonchev–Trinajstić information content (AvgIpc) is 2.13. The topological polar surface area (TPSA) is 26.3 Å². The van der Waals surface area contributed by atoms with Crippen LogP contribution in [0.5, 0.6) is 5.75 Å². The summed E-state index contributed by atoms with van der Waals surface area (Å²) in [5, 5.41) is 0. The van der Waals surface area contributed by atoms with Crippen molar-refractivity contribution in [2.75, 3.05) is 0 Å². The van der Waals surface area contributed by atoms with Gasteiger partial charge in [-0.05, 0) is 38.0 Å². The van der Waals surface area contributed by atoms with E-state index in [2.05, 4.69) is 0 Å². The maximum Gasteiger partial charge on any atom is 0.335 e. The number of aryl methyl sites for hydroxylation is 1. The fourth-order valence-corrected chi connectivity index (χ4v) is 1.11. The number of allylic oxidation sites excluding steroid dienone is 1. The van der Waals surface area contributed by atoms with Crippen molar-refractivity contribution < 1.29 is 9.53 Å². The van der Waals surface area contributed by atoms with Gasteiger partial charge >= 0.3 is 5.97 Å². The van der Waals surface area contributed by atoms with Gasteiger partial charge in [0.2, 0.25) is 0 Å². The molecule has 0 radical (unpaired) electrons. The first-order chi connectivity index (χ1) is 6.65. The fourth-order valence-electron chi connectivity index (χ4n) is 1.11. The van der Waals surface area contributed by atoms with Gasteiger partial charge in [-0.2, -0.15) is 0 Å². The summed E-state index contributed by atoms with van der Waals surface area (Å²) in [4.78, 5) is 11.2. The van der Waals surface area contributed by atoms with E-state index in [1.807, 2.05) is 26.0 Å². The number of hydrogen-bond acceptors (Lipinski definition) is 2. The lowest BCUT2D eigenvalue weighted by molar-refractivity contribution is -0.129. The van der Waals surface area contributed by atoms with Crippen LogP contribution in [-0.4, -0.2) is 5.97 Å². The number of benzene rings is 1. The number of hydrogen-bond donors (Lipinski definition) is 0. The molecule has 2 heteroatoms. The minimum absolute atomic E-state index is 0.332. The van der Waals surface area contributed by atoms with Crippen LogP contribution in [0.2, 0.25) is 0 Å². The third kappa shape index (κ3) is 2.46. The van der Waals surface area contributed by atoms with E-state index in [9.17, 15) is 4.79 Å². The minimum Gasteiger partial charge on any atom is -0.423 e. The van der Waals surface area contributed by atoms with Crippen molar-refractivity contribution >= 4 is 5.97 Å². The van der Waals surface area contributed by atoms with Crippen LogP contribution in [0, 0.1) is 13.8 Å². The van der Waals surface area contributed by atoms with Crippen LogP contribution in [0.1, 0.15) is 18.1 Å². The molecule has 1 rings (SSSR count). The molecule has 74 valence electrons. The summed E-state index contributed by atoms with van der Waals surface area (Å²) in [5.74, 6) is 0.300. The molecule has 0 N–H and O–H groups in total. The number of carbonyl (C=O) groups excluding carboxylic acids is 1. The van der Waals surface area contributed by atoms with Crippen LogP contribution in [0.15, 0.2) is 30.4 Å². The molecule has 14 heavy (non-hydrogen) atoms. The smallest absolute Gasteiger partial charge is 0.335 e. The minimum atomic E-state index is -0.332. The van der Waals surface area contributed by atoms with E-state index in [4.69, 9.17) is 4.74 Å². The van der Waals surface area contributed by atoms with Crippen molar-refractivity contribution in [3.63, 3.8) is 0 Å². The van der Waals surface area contributed by atoms with Crippen LogP contribution >= 0.6 is 0 Å². The summed E-state index contributed by atoms with van der Waals surface area (Å²) in [6, 6.07) is 5.66. The molecule has 0 bridgehead atoms. The highest BCUT2D eigenvalue weighted by molar-refractivity contribution is 5.84. The second-order valence-electron chi connectivity index (χ2n) is 3.12. The van der Waals surface area contributed by atoms with Crippen LogP contribution in [0.4, 0.5) is 0 Å². The predicted octanol–water partition coefficient (Wildman–Crippen LogP) is 2.78. The van der Waals surface area contributed by atoms with Gasteiger partial charge in [0, 0.05) is 6.08 Å². The molecular formula is C12H14O2. The van der Waals surface area contributed by atoms with E-state index in [0.717, 1.165) is 11.1 Å². The zero-order chi connectivity index (χ0) is 10.6. The maximum atomic E-state index is 11.2. The lowest BCUT2D eigenvalue weighted by Gasteiger charge is -2.06. The lowest BCUT2D eigenvalue weighted by atomic mass is 10.1. The Morgan fingerprint density at radius 3 is 2.71 bits per heavy atom. The molecule has 0 unspecified atom stereocenters. The standard InChI is InChI=1S/C12H14O2/c1-4-6-12(13)14-11-8-5-7-9(2)10(11)3/h4-8H,1-3H3/b6-4+. The Kier molecular flexibility index (Phi) is 3.46. The largest absolute Gasteiger partial charge is 0.423 e. The Bertz CT molecular complexity index is 365. The second kappa shape index (κ2) is 4.61. The van der Waals surface area contributed by atoms with Crippen molar-refractivity contribution in [1.29, 1.82) is 0 Å². The highest BCUT2D eigenvalue weighted by Crippen LogP contribution is 2.20. The molecule has 0 aliphatic rings. The molecule has 0 atom stereocenters. The molecule has 0 aliphatic carbocycles. The summed E-state index contributed by atoms with van der Waals surface area (Å²) < 4.78 is 5.14. The Morgan fingerprint density at radius 2 is 2.07 bits per heavy atom. The van der Waals surface area contributed by atoms with Crippen molar-refractivity contribution in [3.8, 4) is 5.75 Å². The molecule has 0 spiro atoms. The zero-order valence-corrected chi connectivity index (χ0v) is 8.70. The molecule has 0 heterocycles. The molecule has 2 nitrogen and oxygen atoms in total. The summed E-state index contributed by atoms with van der Waals surface area (Å²) >= 11 is 0. The Balaban J connectivity index is 2.87. The number of ether oxygens (including phenoxy) is 1. The van der Waals surface area contributed by atoms with E-state index in [0.29, 0.717) is 5.75 Å². The summed E-state index contributed by atoms with van der Waals surface area (Å²) in [6.45, 7) is 5.71. The van der Waals surface area contributed by atoms with Gasteiger partial charge in [0.15, 0.2) is 0 Å². The molecule has 0 saturated carbocycles. The first-order valence-electron chi connectivity index (χ1n) is 4.56. The Hall–Kier alpha value is -1.57. The van der Waals surface area contributed by atoms with Gasteiger partial charge in [-0.1, -0.05) is 18.2 Å². The van der Waals surface area contributed by atoms with Gasteiger partial charge < -0.3 is 4.74 Å². The summed E-state index contributed by atoms with van der Waals surface area (Å²) in [5.41, 5.74) is 2.13. The first-order valence-corrected chi connectivity index (χ1v) is 4.56.